The fourth-order valence-electron chi connectivity index (χ4n) is 9.18. The summed E-state index contributed by atoms with van der Waals surface area (Å²) in [5.41, 5.74) is 4.65. The second kappa shape index (κ2) is 11.9. The highest BCUT2D eigenvalue weighted by Gasteiger charge is 2.55. The number of hydrogen-bond acceptors (Lipinski definition) is 11. The predicted molar refractivity (Wildman–Crippen MR) is 178 cm³/mol. The number of fused-ring (bicyclic) bond motifs is 7. The average Bonchev–Trinajstić information content (AvgIpc) is 3.99. The predicted octanol–water partition coefficient (Wildman–Crippen LogP) is 6.16. The number of benzene rings is 4. The minimum Gasteiger partial charge on any atom is -0.454 e. The van der Waals surface area contributed by atoms with Crippen molar-refractivity contribution in [3.8, 4) is 46.0 Å². The van der Waals surface area contributed by atoms with E-state index in [2.05, 4.69) is 48.5 Å². The maximum Gasteiger partial charge on any atom is 0.231 e. The van der Waals surface area contributed by atoms with E-state index >= 15 is 0 Å². The van der Waals surface area contributed by atoms with Crippen LogP contribution in [0.1, 0.15) is 34.1 Å². The van der Waals surface area contributed by atoms with Gasteiger partial charge in [0.2, 0.25) is 27.2 Å². The molecule has 0 radical (unpaired) electrons. The van der Waals surface area contributed by atoms with Gasteiger partial charge in [-0.3, -0.25) is 0 Å². The molecule has 4 aromatic carbocycles. The van der Waals surface area contributed by atoms with Crippen LogP contribution in [0.5, 0.6) is 46.0 Å². The summed E-state index contributed by atoms with van der Waals surface area (Å²) in [4.78, 5) is 0. The van der Waals surface area contributed by atoms with Crippen LogP contribution in [-0.4, -0.2) is 53.0 Å². The summed E-state index contributed by atoms with van der Waals surface area (Å²) in [7, 11) is 0. The molecule has 1 saturated carbocycles. The Morgan fingerprint density at radius 2 is 0.784 bits per heavy atom. The van der Waals surface area contributed by atoms with Gasteiger partial charge in [0.1, 0.15) is 0 Å². The Morgan fingerprint density at radius 1 is 0.412 bits per heavy atom. The van der Waals surface area contributed by atoms with Gasteiger partial charge in [0, 0.05) is 11.8 Å². The van der Waals surface area contributed by atoms with Gasteiger partial charge in [0.05, 0.1) is 13.2 Å². The molecular formula is C40H36O11. The van der Waals surface area contributed by atoms with E-state index in [9.17, 15) is 0 Å². The summed E-state index contributed by atoms with van der Waals surface area (Å²) in [6.45, 7) is 1.99. The highest BCUT2D eigenvalue weighted by atomic mass is 16.8. The van der Waals surface area contributed by atoms with Gasteiger partial charge < -0.3 is 52.1 Å². The van der Waals surface area contributed by atoms with E-state index in [0.717, 1.165) is 70.0 Å². The smallest absolute Gasteiger partial charge is 0.231 e. The third-order valence-corrected chi connectivity index (χ3v) is 11.7. The second-order valence-electron chi connectivity index (χ2n) is 14.3. The van der Waals surface area contributed by atoms with Crippen LogP contribution in [-0.2, 0) is 27.1 Å². The summed E-state index contributed by atoms with van der Waals surface area (Å²) in [5.74, 6) is 6.88. The standard InChI is InChI=1S/C40H36O11/c1-5-29-33(47-17-43-29)11-21(1)9-25-26(10-22-2-6-30-34(12-22)48-18-44-30)40-42-16-28-27(15-41-39(25)51-40)37(23-3-7-31-35(13-23)49-19-45-31)38(28)24-4-8-32-36(14-24)50-20-46-32/h1-8,11-14,25-28,37-40H,9-10,15-20H2/t25-,26+,27-,28+,37+,38-,39-,40+. The first-order chi connectivity index (χ1) is 25.2. The first kappa shape index (κ1) is 29.8. The van der Waals surface area contributed by atoms with Gasteiger partial charge in [-0.15, -0.1) is 0 Å². The minimum atomic E-state index is -0.458. The fourth-order valence-corrected chi connectivity index (χ4v) is 9.18. The van der Waals surface area contributed by atoms with Crippen molar-refractivity contribution < 1.29 is 52.1 Å². The summed E-state index contributed by atoms with van der Waals surface area (Å²) >= 11 is 0. The van der Waals surface area contributed by atoms with Crippen molar-refractivity contribution in [3.63, 3.8) is 0 Å². The van der Waals surface area contributed by atoms with E-state index in [1.165, 1.54) is 11.1 Å². The van der Waals surface area contributed by atoms with Crippen LogP contribution in [0.3, 0.4) is 0 Å². The number of ether oxygens (including phenoxy) is 11. The fraction of sp³-hybridized carbons (Fsp3) is 0.400. The molecule has 2 bridgehead atoms. The minimum absolute atomic E-state index is 0.0195. The van der Waals surface area contributed by atoms with Crippen molar-refractivity contribution in [3.05, 3.63) is 95.1 Å². The zero-order valence-electron chi connectivity index (χ0n) is 27.7. The normalized spacial score (nSPS) is 30.3. The number of hydrogen-bond donors (Lipinski definition) is 0. The van der Waals surface area contributed by atoms with Crippen molar-refractivity contribution in [1.82, 2.24) is 0 Å². The molecule has 8 atom stereocenters. The molecule has 0 amide bonds. The SMILES string of the molecule is c1cc2c(cc1C[C@@H]1[C@H]3OC[C@H]4[C@@H](CO[C@H](O3)[C@@H]1Cc1ccc3c(c1)OCO3)[C@H](c1ccc3c(c1)OCO3)[C@@H]4c1ccc3c(c1)OCO3)OCO2. The number of rotatable bonds is 6. The third kappa shape index (κ3) is 5.04. The Bertz CT molecular complexity index is 1860. The van der Waals surface area contributed by atoms with E-state index in [4.69, 9.17) is 52.1 Å². The molecule has 4 aromatic rings. The lowest BCUT2D eigenvalue weighted by molar-refractivity contribution is -0.209. The monoisotopic (exact) mass is 692 g/mol. The van der Waals surface area contributed by atoms with Crippen molar-refractivity contribution in [2.45, 2.75) is 37.3 Å². The lowest BCUT2D eigenvalue weighted by Gasteiger charge is -2.53. The Kier molecular flexibility index (Phi) is 6.94. The molecule has 262 valence electrons. The maximum atomic E-state index is 6.91. The van der Waals surface area contributed by atoms with E-state index in [1.807, 2.05) is 24.3 Å². The second-order valence-corrected chi connectivity index (χ2v) is 14.3. The zero-order valence-corrected chi connectivity index (χ0v) is 27.7. The molecule has 7 aliphatic rings. The van der Waals surface area contributed by atoms with E-state index in [0.29, 0.717) is 13.2 Å². The van der Waals surface area contributed by atoms with Gasteiger partial charge in [-0.25, -0.2) is 0 Å². The van der Waals surface area contributed by atoms with E-state index in [-0.39, 0.29) is 62.7 Å². The summed E-state index contributed by atoms with van der Waals surface area (Å²) in [6.07, 6.45) is 0.548. The van der Waals surface area contributed by atoms with Crippen molar-refractivity contribution >= 4 is 0 Å². The maximum absolute atomic E-state index is 6.91. The van der Waals surface area contributed by atoms with Gasteiger partial charge in [-0.2, -0.15) is 0 Å². The summed E-state index contributed by atoms with van der Waals surface area (Å²) < 4.78 is 66.2. The topological polar surface area (TPSA) is 102 Å². The van der Waals surface area contributed by atoms with Crippen molar-refractivity contribution in [2.24, 2.45) is 23.7 Å². The Labute approximate surface area is 294 Å². The summed E-state index contributed by atoms with van der Waals surface area (Å²) in [6, 6.07) is 24.9. The first-order valence-corrected chi connectivity index (χ1v) is 17.7. The molecule has 11 heteroatoms. The molecule has 0 N–H and O–H groups in total. The van der Waals surface area contributed by atoms with Crippen LogP contribution in [0, 0.1) is 23.7 Å². The quantitative estimate of drug-likeness (QED) is 0.232. The van der Waals surface area contributed by atoms with Crippen LogP contribution in [0.4, 0.5) is 0 Å². The highest BCUT2D eigenvalue weighted by Crippen LogP contribution is 2.60. The largest absolute Gasteiger partial charge is 0.454 e. The van der Waals surface area contributed by atoms with Gasteiger partial charge in [-0.1, -0.05) is 24.3 Å². The van der Waals surface area contributed by atoms with Crippen LogP contribution in [0.15, 0.2) is 72.8 Å². The van der Waals surface area contributed by atoms with Gasteiger partial charge >= 0.3 is 0 Å². The Hall–Kier alpha value is -4.84. The van der Waals surface area contributed by atoms with Crippen LogP contribution < -0.4 is 37.9 Å². The lowest BCUT2D eigenvalue weighted by atomic mass is 9.53. The van der Waals surface area contributed by atoms with Crippen molar-refractivity contribution in [2.75, 3.05) is 40.4 Å². The molecule has 2 saturated heterocycles. The first-order valence-electron chi connectivity index (χ1n) is 17.7. The molecule has 6 aliphatic heterocycles. The molecular weight excluding hydrogens is 656 g/mol. The van der Waals surface area contributed by atoms with Crippen molar-refractivity contribution in [1.29, 1.82) is 0 Å². The zero-order chi connectivity index (χ0) is 33.5. The van der Waals surface area contributed by atoms with Crippen LogP contribution >= 0.6 is 0 Å². The highest BCUT2D eigenvalue weighted by molar-refractivity contribution is 5.51. The third-order valence-electron chi connectivity index (χ3n) is 11.7. The van der Waals surface area contributed by atoms with Crippen LogP contribution in [0.25, 0.3) is 0 Å². The van der Waals surface area contributed by atoms with E-state index < -0.39 is 12.6 Å². The molecule has 0 spiro atoms. The molecule has 1 aliphatic carbocycles. The molecule has 0 unspecified atom stereocenters. The molecule has 11 rings (SSSR count). The molecule has 11 nitrogen and oxygen atoms in total. The molecule has 3 fully saturated rings. The molecule has 0 aromatic heterocycles. The lowest BCUT2D eigenvalue weighted by Crippen LogP contribution is -2.49. The van der Waals surface area contributed by atoms with Gasteiger partial charge in [-0.05, 0) is 107 Å². The Morgan fingerprint density at radius 3 is 1.22 bits per heavy atom. The molecule has 6 heterocycles. The molecule has 51 heavy (non-hydrogen) atoms. The van der Waals surface area contributed by atoms with E-state index in [1.54, 1.807) is 0 Å². The van der Waals surface area contributed by atoms with Crippen LogP contribution in [0.2, 0.25) is 0 Å². The Balaban J connectivity index is 0.930. The summed E-state index contributed by atoms with van der Waals surface area (Å²) in [5, 5.41) is 0. The van der Waals surface area contributed by atoms with Gasteiger partial charge in [0.25, 0.3) is 0 Å². The van der Waals surface area contributed by atoms with Gasteiger partial charge in [0.15, 0.2) is 58.6 Å². The average molecular weight is 693 g/mol.